The quantitative estimate of drug-likeness (QED) is 0.155. The van der Waals surface area contributed by atoms with Crippen LogP contribution in [-0.2, 0) is 28.5 Å². The molecule has 0 spiro atoms. The lowest BCUT2D eigenvalue weighted by molar-refractivity contribution is 0.255. The zero-order valence-electron chi connectivity index (χ0n) is 25.1. The maximum atomic E-state index is 14.4. The van der Waals surface area contributed by atoms with Crippen LogP contribution >= 0.6 is 0 Å². The number of aryl methyl sites for hydroxylation is 1. The maximum absolute atomic E-state index is 14.4. The van der Waals surface area contributed by atoms with Crippen molar-refractivity contribution < 1.29 is 8.42 Å². The molecule has 5 aromatic rings. The van der Waals surface area contributed by atoms with Crippen molar-refractivity contribution in [2.45, 2.75) is 36.7 Å². The van der Waals surface area contributed by atoms with Crippen LogP contribution in [-0.4, -0.2) is 30.7 Å². The zero-order valence-corrected chi connectivity index (χ0v) is 25.9. The molecule has 6 rings (SSSR count). The van der Waals surface area contributed by atoms with Crippen LogP contribution in [0.3, 0.4) is 0 Å². The summed E-state index contributed by atoms with van der Waals surface area (Å²) in [6.07, 6.45) is 2.80. The van der Waals surface area contributed by atoms with E-state index >= 15 is 0 Å². The van der Waals surface area contributed by atoms with Gasteiger partial charge >= 0.3 is 0 Å². The van der Waals surface area contributed by atoms with Crippen molar-refractivity contribution in [1.29, 1.82) is 0 Å². The van der Waals surface area contributed by atoms with Crippen molar-refractivity contribution in [2.75, 3.05) is 13.1 Å². The van der Waals surface area contributed by atoms with Gasteiger partial charge in [-0.25, -0.2) is 8.42 Å². The third-order valence-electron chi connectivity index (χ3n) is 8.50. The molecule has 0 amide bonds. The largest absolute Gasteiger partial charge is 0.294 e. The third-order valence-corrected chi connectivity index (χ3v) is 10.3. The number of sulfonamides is 1. The van der Waals surface area contributed by atoms with Gasteiger partial charge in [-0.3, -0.25) is 9.21 Å². The molecule has 1 aliphatic heterocycles. The Morgan fingerprint density at radius 2 is 1.09 bits per heavy atom. The molecule has 0 fully saturated rings. The van der Waals surface area contributed by atoms with E-state index in [1.807, 2.05) is 67.6 Å². The van der Waals surface area contributed by atoms with Gasteiger partial charge in [-0.2, -0.15) is 0 Å². The molecule has 222 valence electrons. The third kappa shape index (κ3) is 6.40. The summed E-state index contributed by atoms with van der Waals surface area (Å²) in [6.45, 7) is 4.53. The van der Waals surface area contributed by atoms with Crippen molar-refractivity contribution >= 4 is 10.0 Å². The molecule has 0 unspecified atom stereocenters. The summed E-state index contributed by atoms with van der Waals surface area (Å²) in [4.78, 5) is 2.73. The molecule has 0 saturated heterocycles. The minimum Gasteiger partial charge on any atom is -0.294 e. The summed E-state index contributed by atoms with van der Waals surface area (Å²) in [5.74, 6) is 0. The van der Waals surface area contributed by atoms with Gasteiger partial charge in [0, 0.05) is 31.8 Å². The van der Waals surface area contributed by atoms with Crippen molar-refractivity contribution in [3.8, 4) is 0 Å². The highest BCUT2D eigenvalue weighted by molar-refractivity contribution is 7.89. The summed E-state index contributed by atoms with van der Waals surface area (Å²) in [5.41, 5.74) is 5.86. The second-order valence-electron chi connectivity index (χ2n) is 11.6. The van der Waals surface area contributed by atoms with Gasteiger partial charge in [0.05, 0.1) is 16.9 Å². The molecular formula is C39H38N2O2S. The molecule has 1 heterocycles. The van der Waals surface area contributed by atoms with E-state index in [2.05, 4.69) is 83.8 Å². The molecule has 4 nitrogen and oxygen atoms in total. The summed E-state index contributed by atoms with van der Waals surface area (Å²) < 4.78 is 30.5. The zero-order chi connectivity index (χ0) is 30.4. The number of hydrogen-bond acceptors (Lipinski definition) is 3. The Bertz CT molecular complexity index is 1710. The van der Waals surface area contributed by atoms with Crippen LogP contribution in [0.5, 0.6) is 0 Å². The monoisotopic (exact) mass is 598 g/mol. The van der Waals surface area contributed by atoms with Crippen LogP contribution in [0.2, 0.25) is 0 Å². The molecular weight excluding hydrogens is 561 g/mol. The minimum atomic E-state index is -3.81. The summed E-state index contributed by atoms with van der Waals surface area (Å²) in [5, 5.41) is 0. The van der Waals surface area contributed by atoms with Crippen LogP contribution < -0.4 is 0 Å². The molecule has 0 atom stereocenters. The van der Waals surface area contributed by atoms with Crippen LogP contribution in [0, 0.1) is 6.92 Å². The van der Waals surface area contributed by atoms with Gasteiger partial charge in [0.25, 0.3) is 10.0 Å². The average molecular weight is 599 g/mol. The molecule has 0 bridgehead atoms. The van der Waals surface area contributed by atoms with Gasteiger partial charge in [0.2, 0.25) is 0 Å². The predicted molar refractivity (Wildman–Crippen MR) is 178 cm³/mol. The van der Waals surface area contributed by atoms with E-state index in [1.54, 1.807) is 16.4 Å². The normalized spacial score (nSPS) is 14.5. The summed E-state index contributed by atoms with van der Waals surface area (Å²) in [7, 11) is -3.81. The van der Waals surface area contributed by atoms with Gasteiger partial charge < -0.3 is 0 Å². The van der Waals surface area contributed by atoms with E-state index in [9.17, 15) is 8.42 Å². The van der Waals surface area contributed by atoms with Gasteiger partial charge in [-0.05, 0) is 47.4 Å². The van der Waals surface area contributed by atoms with Crippen molar-refractivity contribution in [1.82, 2.24) is 9.21 Å². The highest BCUT2D eigenvalue weighted by atomic mass is 32.2. The lowest BCUT2D eigenvalue weighted by Crippen LogP contribution is -2.37. The van der Waals surface area contributed by atoms with Crippen LogP contribution in [0.4, 0.5) is 0 Å². The first-order chi connectivity index (χ1) is 21.4. The minimum absolute atomic E-state index is 0.309. The summed E-state index contributed by atoms with van der Waals surface area (Å²) >= 11 is 0. The number of benzene rings is 5. The first-order valence-electron chi connectivity index (χ1n) is 15.2. The topological polar surface area (TPSA) is 40.6 Å². The summed E-state index contributed by atoms with van der Waals surface area (Å²) in [6, 6.07) is 48.7. The molecule has 44 heavy (non-hydrogen) atoms. The van der Waals surface area contributed by atoms with Gasteiger partial charge in [0.15, 0.2) is 0 Å². The van der Waals surface area contributed by atoms with E-state index in [4.69, 9.17) is 0 Å². The highest BCUT2D eigenvalue weighted by Gasteiger charge is 2.44. The van der Waals surface area contributed by atoms with Crippen LogP contribution in [0.15, 0.2) is 162 Å². The number of hydrogen-bond donors (Lipinski definition) is 0. The second kappa shape index (κ2) is 13.0. The Morgan fingerprint density at radius 3 is 1.57 bits per heavy atom. The Hall–Kier alpha value is -4.45. The van der Waals surface area contributed by atoms with Crippen molar-refractivity contribution in [3.63, 3.8) is 0 Å². The molecule has 0 radical (unpaired) electrons. The van der Waals surface area contributed by atoms with E-state index in [1.165, 1.54) is 11.1 Å². The Labute approximate surface area is 262 Å². The molecule has 5 heteroatoms. The highest BCUT2D eigenvalue weighted by Crippen LogP contribution is 2.44. The first-order valence-corrected chi connectivity index (χ1v) is 16.6. The number of rotatable bonds is 11. The fourth-order valence-electron chi connectivity index (χ4n) is 6.16. The average Bonchev–Trinajstić information content (AvgIpc) is 3.48. The van der Waals surface area contributed by atoms with Crippen LogP contribution in [0.1, 0.15) is 34.2 Å². The van der Waals surface area contributed by atoms with Crippen LogP contribution in [0.25, 0.3) is 0 Å². The maximum Gasteiger partial charge on any atom is 0.264 e. The number of nitrogens with zero attached hydrogens (tertiary/aromatic N) is 2. The predicted octanol–water partition coefficient (Wildman–Crippen LogP) is 7.96. The Balaban J connectivity index is 1.40. The fourth-order valence-corrected chi connectivity index (χ4v) is 7.72. The smallest absolute Gasteiger partial charge is 0.264 e. The Morgan fingerprint density at radius 1 is 0.636 bits per heavy atom. The fraction of sp³-hybridized carbons (Fsp3) is 0.179. The van der Waals surface area contributed by atoms with Gasteiger partial charge in [-0.15, -0.1) is 0 Å². The lowest BCUT2D eigenvalue weighted by atomic mass is 9.75. The van der Waals surface area contributed by atoms with E-state index in [-0.39, 0.29) is 0 Å². The standard InChI is InChI=1S/C39H38N2O2S/c1-32-22-24-38(25-23-32)44(42,43)41-31-39(35-18-10-4-11-19-35,36-20-12-5-13-21-36)28-37(41)26-27-40(29-33-14-6-2-7-15-33)30-34-16-8-3-9-17-34/h2-25,28H,26-27,29-31H2,1H3. The molecule has 0 aliphatic carbocycles. The van der Waals surface area contributed by atoms with Gasteiger partial charge in [0.1, 0.15) is 0 Å². The second-order valence-corrected chi connectivity index (χ2v) is 13.5. The van der Waals surface area contributed by atoms with E-state index < -0.39 is 15.4 Å². The van der Waals surface area contributed by atoms with E-state index in [0.717, 1.165) is 35.5 Å². The first kappa shape index (κ1) is 29.6. The molecule has 0 aromatic heterocycles. The SMILES string of the molecule is Cc1ccc(S(=O)(=O)N2CC(c3ccccc3)(c3ccccc3)C=C2CCN(Cc2ccccc2)Cc2ccccc2)cc1. The molecule has 0 N–H and O–H groups in total. The van der Waals surface area contributed by atoms with Crippen molar-refractivity contribution in [3.05, 3.63) is 185 Å². The molecule has 1 aliphatic rings. The van der Waals surface area contributed by atoms with E-state index in [0.29, 0.717) is 24.4 Å². The molecule has 0 saturated carbocycles. The Kier molecular flexibility index (Phi) is 8.78. The van der Waals surface area contributed by atoms with Gasteiger partial charge in [-0.1, -0.05) is 139 Å². The molecule has 5 aromatic carbocycles. The van der Waals surface area contributed by atoms with Crippen molar-refractivity contribution in [2.24, 2.45) is 0 Å². The lowest BCUT2D eigenvalue weighted by Gasteiger charge is -2.31.